The molecule has 0 amide bonds. The van der Waals surface area contributed by atoms with Crippen LogP contribution in [0.5, 0.6) is 0 Å². The second-order valence-electron chi connectivity index (χ2n) is 3.15. The molecule has 0 atom stereocenters. The van der Waals surface area contributed by atoms with Gasteiger partial charge in [0.15, 0.2) is 12.4 Å². The van der Waals surface area contributed by atoms with Crippen molar-refractivity contribution in [1.82, 2.24) is 4.98 Å². The summed E-state index contributed by atoms with van der Waals surface area (Å²) in [5, 5.41) is 0. The lowest BCUT2D eigenvalue weighted by Gasteiger charge is -1.95. The van der Waals surface area contributed by atoms with Crippen LogP contribution in [-0.2, 0) is 16.0 Å². The highest BCUT2D eigenvalue weighted by molar-refractivity contribution is 7.84. The van der Waals surface area contributed by atoms with Gasteiger partial charge < -0.3 is 4.42 Å². The van der Waals surface area contributed by atoms with Gasteiger partial charge in [0.05, 0.1) is 6.20 Å². The highest BCUT2D eigenvalue weighted by Gasteiger charge is 2.13. The quantitative estimate of drug-likeness (QED) is 0.624. The monoisotopic (exact) mass is 241 g/mol. The molecule has 2 aromatic heterocycles. The Morgan fingerprint density at radius 2 is 2.06 bits per heavy atom. The number of hydrogen-bond acceptors (Lipinski definition) is 4. The van der Waals surface area contributed by atoms with E-state index in [1.807, 2.05) is 0 Å². The maximum atomic E-state index is 10.6. The van der Waals surface area contributed by atoms with Gasteiger partial charge in [0, 0.05) is 17.7 Å². The molecule has 2 heterocycles. The van der Waals surface area contributed by atoms with Crippen LogP contribution in [0.15, 0.2) is 41.4 Å². The number of aromatic nitrogens is 2. The maximum absolute atomic E-state index is 10.6. The Hall–Kier alpha value is -1.73. The summed E-state index contributed by atoms with van der Waals surface area (Å²) in [4.78, 5) is 3.95. The fourth-order valence-corrected chi connectivity index (χ4v) is 1.79. The Morgan fingerprint density at radius 1 is 1.38 bits per heavy atom. The van der Waals surface area contributed by atoms with Gasteiger partial charge in [0.2, 0.25) is 5.89 Å². The van der Waals surface area contributed by atoms with Crippen molar-refractivity contribution in [2.45, 2.75) is 5.88 Å². The molecule has 0 aliphatic heterocycles. The van der Waals surface area contributed by atoms with Crippen LogP contribution >= 0.6 is 0 Å². The van der Waals surface area contributed by atoms with Gasteiger partial charge in [-0.05, 0) is 0 Å². The summed E-state index contributed by atoms with van der Waals surface area (Å²) in [5.41, 5.74) is 0.733. The molecule has 2 aromatic rings. The van der Waals surface area contributed by atoms with Crippen molar-refractivity contribution in [2.24, 2.45) is 0 Å². The van der Waals surface area contributed by atoms with E-state index in [9.17, 15) is 8.42 Å². The third-order valence-electron chi connectivity index (χ3n) is 1.88. The van der Waals surface area contributed by atoms with Crippen molar-refractivity contribution in [1.29, 1.82) is 0 Å². The molecule has 0 aromatic carbocycles. The molecule has 16 heavy (non-hydrogen) atoms. The SMILES string of the molecule is O=S(=O)(O)C[n+]1ccc(-c2ncco2)cc1. The van der Waals surface area contributed by atoms with E-state index in [1.54, 1.807) is 12.1 Å². The lowest BCUT2D eigenvalue weighted by Crippen LogP contribution is -2.36. The maximum Gasteiger partial charge on any atom is 0.326 e. The third-order valence-corrected chi connectivity index (χ3v) is 2.51. The lowest BCUT2D eigenvalue weighted by molar-refractivity contribution is -0.678. The molecular formula is C9H9N2O4S+. The van der Waals surface area contributed by atoms with Gasteiger partial charge in [-0.3, -0.25) is 4.55 Å². The Kier molecular flexibility index (Phi) is 2.71. The van der Waals surface area contributed by atoms with Crippen molar-refractivity contribution in [2.75, 3.05) is 0 Å². The van der Waals surface area contributed by atoms with Crippen molar-refractivity contribution in [3.8, 4) is 11.5 Å². The van der Waals surface area contributed by atoms with Gasteiger partial charge in [-0.15, -0.1) is 0 Å². The number of hydrogen-bond donors (Lipinski definition) is 1. The number of rotatable bonds is 3. The third kappa shape index (κ3) is 2.65. The van der Waals surface area contributed by atoms with Crippen molar-refractivity contribution in [3.05, 3.63) is 37.0 Å². The topological polar surface area (TPSA) is 84.3 Å². The summed E-state index contributed by atoms with van der Waals surface area (Å²) < 4.78 is 36.3. The summed E-state index contributed by atoms with van der Waals surface area (Å²) in [5.74, 6) is -0.0159. The Balaban J connectivity index is 2.24. The van der Waals surface area contributed by atoms with E-state index in [0.29, 0.717) is 5.89 Å². The van der Waals surface area contributed by atoms with Gasteiger partial charge in [-0.2, -0.15) is 13.0 Å². The van der Waals surface area contributed by atoms with E-state index in [1.165, 1.54) is 29.4 Å². The van der Waals surface area contributed by atoms with Crippen LogP contribution in [0, 0.1) is 0 Å². The molecule has 84 valence electrons. The van der Waals surface area contributed by atoms with E-state index >= 15 is 0 Å². The molecule has 0 saturated heterocycles. The number of nitrogens with zero attached hydrogens (tertiary/aromatic N) is 2. The van der Waals surface area contributed by atoms with Gasteiger partial charge >= 0.3 is 10.1 Å². The first-order chi connectivity index (χ1) is 7.54. The molecule has 0 fully saturated rings. The van der Waals surface area contributed by atoms with Crippen molar-refractivity contribution < 1.29 is 22.0 Å². The summed E-state index contributed by atoms with van der Waals surface area (Å²) in [6.07, 6.45) is 6.02. The second-order valence-corrected chi connectivity index (χ2v) is 4.57. The average molecular weight is 241 g/mol. The Morgan fingerprint density at radius 3 is 2.56 bits per heavy atom. The number of oxazole rings is 1. The minimum atomic E-state index is -4.02. The molecule has 0 saturated carbocycles. The molecule has 7 heteroatoms. The molecule has 6 nitrogen and oxygen atoms in total. The standard InChI is InChI=1S/C9H8N2O4S/c12-16(13,14)7-11-4-1-8(2-5-11)9-10-3-6-15-9/h1-6H,7H2/p+1. The predicted octanol–water partition coefficient (Wildman–Crippen LogP) is 0.474. The van der Waals surface area contributed by atoms with Crippen LogP contribution in [0.3, 0.4) is 0 Å². The van der Waals surface area contributed by atoms with Crippen molar-refractivity contribution in [3.63, 3.8) is 0 Å². The molecule has 0 radical (unpaired) electrons. The van der Waals surface area contributed by atoms with E-state index in [2.05, 4.69) is 4.98 Å². The van der Waals surface area contributed by atoms with Gasteiger partial charge in [-0.1, -0.05) is 0 Å². The molecular weight excluding hydrogens is 232 g/mol. The normalized spacial score (nSPS) is 11.6. The summed E-state index contributed by atoms with van der Waals surface area (Å²) >= 11 is 0. The summed E-state index contributed by atoms with van der Waals surface area (Å²) in [6.45, 7) is 0. The van der Waals surface area contributed by atoms with Crippen LogP contribution in [0.1, 0.15) is 0 Å². The predicted molar refractivity (Wildman–Crippen MR) is 53.7 cm³/mol. The lowest BCUT2D eigenvalue weighted by atomic mass is 10.3. The van der Waals surface area contributed by atoms with Gasteiger partial charge in [0.25, 0.3) is 5.88 Å². The minimum absolute atomic E-state index is 0.457. The zero-order chi connectivity index (χ0) is 11.6. The fourth-order valence-electron chi connectivity index (χ4n) is 1.24. The largest absolute Gasteiger partial charge is 0.445 e. The molecule has 0 aliphatic rings. The van der Waals surface area contributed by atoms with E-state index in [-0.39, 0.29) is 0 Å². The smallest absolute Gasteiger partial charge is 0.326 e. The molecule has 1 N–H and O–H groups in total. The molecule has 0 bridgehead atoms. The van der Waals surface area contributed by atoms with Gasteiger partial charge in [-0.25, -0.2) is 4.98 Å². The van der Waals surface area contributed by atoms with Crippen LogP contribution in [-0.4, -0.2) is 18.0 Å². The average Bonchev–Trinajstić information content (AvgIpc) is 2.69. The van der Waals surface area contributed by atoms with E-state index in [0.717, 1.165) is 5.56 Å². The first kappa shape index (κ1) is 10.8. The molecule has 0 aliphatic carbocycles. The Labute approximate surface area is 91.9 Å². The molecule has 0 unspecified atom stereocenters. The first-order valence-electron chi connectivity index (χ1n) is 4.39. The van der Waals surface area contributed by atoms with Crippen molar-refractivity contribution >= 4 is 10.1 Å². The van der Waals surface area contributed by atoms with Gasteiger partial charge in [0.1, 0.15) is 6.26 Å². The van der Waals surface area contributed by atoms with Crippen LogP contribution < -0.4 is 4.57 Å². The second kappa shape index (κ2) is 4.03. The highest BCUT2D eigenvalue weighted by Crippen LogP contribution is 2.14. The Bertz CT molecular complexity index is 560. The highest BCUT2D eigenvalue weighted by atomic mass is 32.2. The van der Waals surface area contributed by atoms with Crippen LogP contribution in [0.2, 0.25) is 0 Å². The fraction of sp³-hybridized carbons (Fsp3) is 0.111. The number of pyridine rings is 1. The van der Waals surface area contributed by atoms with E-state index < -0.39 is 16.0 Å². The molecule has 2 rings (SSSR count). The van der Waals surface area contributed by atoms with Crippen LogP contribution in [0.4, 0.5) is 0 Å². The molecule has 0 spiro atoms. The zero-order valence-corrected chi connectivity index (χ0v) is 8.96. The van der Waals surface area contributed by atoms with E-state index in [4.69, 9.17) is 8.97 Å². The summed E-state index contributed by atoms with van der Waals surface area (Å²) in [6, 6.07) is 3.30. The minimum Gasteiger partial charge on any atom is -0.445 e. The summed E-state index contributed by atoms with van der Waals surface area (Å²) in [7, 11) is -4.02. The zero-order valence-electron chi connectivity index (χ0n) is 8.15. The van der Waals surface area contributed by atoms with Crippen LogP contribution in [0.25, 0.3) is 11.5 Å². The first-order valence-corrected chi connectivity index (χ1v) is 6.00.